The fourth-order valence-electron chi connectivity index (χ4n) is 3.65. The summed E-state index contributed by atoms with van der Waals surface area (Å²) in [6.45, 7) is 3.78. The molecule has 1 amide bonds. The van der Waals surface area contributed by atoms with E-state index in [4.69, 9.17) is 4.42 Å². The van der Waals surface area contributed by atoms with Gasteiger partial charge < -0.3 is 14.2 Å². The zero-order valence-electron chi connectivity index (χ0n) is 11.8. The highest BCUT2D eigenvalue weighted by Gasteiger charge is 2.40. The lowest BCUT2D eigenvalue weighted by molar-refractivity contribution is 0.0776. The van der Waals surface area contributed by atoms with Crippen LogP contribution in [0.15, 0.2) is 27.4 Å². The normalized spacial score (nSPS) is 25.7. The molecule has 21 heavy (non-hydrogen) atoms. The molecule has 2 saturated heterocycles. The van der Waals surface area contributed by atoms with E-state index in [-0.39, 0.29) is 5.91 Å². The van der Waals surface area contributed by atoms with E-state index in [9.17, 15) is 9.59 Å². The monoisotopic (exact) mass is 287 g/mol. The first kappa shape index (κ1) is 12.6. The largest absolute Gasteiger partial charge is 0.417 e. The lowest BCUT2D eigenvalue weighted by Crippen LogP contribution is -2.32. The number of rotatable bonds is 1. The Balaban J connectivity index is 1.58. The van der Waals surface area contributed by atoms with Gasteiger partial charge in [-0.25, -0.2) is 4.79 Å². The molecule has 0 aliphatic carbocycles. The van der Waals surface area contributed by atoms with Gasteiger partial charge >= 0.3 is 5.76 Å². The molecule has 6 heteroatoms. The van der Waals surface area contributed by atoms with E-state index in [0.717, 1.165) is 26.2 Å². The fraction of sp³-hybridized carbons (Fsp3) is 0.467. The van der Waals surface area contributed by atoms with E-state index < -0.39 is 5.76 Å². The van der Waals surface area contributed by atoms with Gasteiger partial charge in [0.2, 0.25) is 0 Å². The third-order valence-electron chi connectivity index (χ3n) is 4.62. The molecule has 6 nitrogen and oxygen atoms in total. The van der Waals surface area contributed by atoms with Crippen molar-refractivity contribution in [3.05, 3.63) is 34.3 Å². The SMILES string of the molecule is CN1CC2CN(C(=O)c3ccc4[nH]c(=O)oc4c3)CC2C1. The van der Waals surface area contributed by atoms with Gasteiger partial charge in [0, 0.05) is 31.7 Å². The second-order valence-electron chi connectivity index (χ2n) is 6.18. The van der Waals surface area contributed by atoms with E-state index in [1.807, 2.05) is 4.90 Å². The smallest absolute Gasteiger partial charge is 0.408 e. The Morgan fingerprint density at radius 3 is 2.67 bits per heavy atom. The number of oxazole rings is 1. The molecular formula is C15H17N3O3. The molecule has 0 spiro atoms. The van der Waals surface area contributed by atoms with Crippen molar-refractivity contribution in [1.82, 2.24) is 14.8 Å². The molecule has 0 radical (unpaired) electrons. The van der Waals surface area contributed by atoms with Crippen molar-refractivity contribution in [2.24, 2.45) is 11.8 Å². The van der Waals surface area contributed by atoms with E-state index in [2.05, 4.69) is 16.9 Å². The molecule has 2 unspecified atom stereocenters. The number of hydrogen-bond donors (Lipinski definition) is 1. The van der Waals surface area contributed by atoms with Crippen LogP contribution in [0.5, 0.6) is 0 Å². The lowest BCUT2D eigenvalue weighted by Gasteiger charge is -2.19. The van der Waals surface area contributed by atoms with Crippen LogP contribution in [0.1, 0.15) is 10.4 Å². The first-order valence-corrected chi connectivity index (χ1v) is 7.21. The summed E-state index contributed by atoms with van der Waals surface area (Å²) < 4.78 is 5.02. The number of aromatic amines is 1. The Hall–Kier alpha value is -2.08. The first-order chi connectivity index (χ1) is 10.1. The van der Waals surface area contributed by atoms with Crippen LogP contribution in [0.3, 0.4) is 0 Å². The third-order valence-corrected chi connectivity index (χ3v) is 4.62. The highest BCUT2D eigenvalue weighted by atomic mass is 16.4. The number of hydrogen-bond acceptors (Lipinski definition) is 4. The summed E-state index contributed by atoms with van der Waals surface area (Å²) in [6.07, 6.45) is 0. The molecule has 1 N–H and O–H groups in total. The summed E-state index contributed by atoms with van der Waals surface area (Å²) >= 11 is 0. The third kappa shape index (κ3) is 2.06. The fourth-order valence-corrected chi connectivity index (χ4v) is 3.65. The van der Waals surface area contributed by atoms with Crippen LogP contribution in [0.4, 0.5) is 0 Å². The van der Waals surface area contributed by atoms with Crippen molar-refractivity contribution >= 4 is 17.0 Å². The van der Waals surface area contributed by atoms with Crippen molar-refractivity contribution < 1.29 is 9.21 Å². The van der Waals surface area contributed by atoms with Crippen LogP contribution in [-0.4, -0.2) is 53.9 Å². The van der Waals surface area contributed by atoms with Gasteiger partial charge in [0.1, 0.15) is 0 Å². The number of nitrogens with zero attached hydrogens (tertiary/aromatic N) is 2. The van der Waals surface area contributed by atoms with Crippen LogP contribution in [0.2, 0.25) is 0 Å². The zero-order valence-corrected chi connectivity index (χ0v) is 11.8. The quantitative estimate of drug-likeness (QED) is 0.840. The average Bonchev–Trinajstić information content (AvgIpc) is 3.07. The van der Waals surface area contributed by atoms with Crippen molar-refractivity contribution in [3.8, 4) is 0 Å². The summed E-state index contributed by atoms with van der Waals surface area (Å²) in [5.74, 6) is 0.715. The second-order valence-corrected chi connectivity index (χ2v) is 6.18. The molecule has 0 bridgehead atoms. The molecule has 0 saturated carbocycles. The minimum Gasteiger partial charge on any atom is -0.408 e. The lowest BCUT2D eigenvalue weighted by atomic mass is 10.0. The number of aromatic nitrogens is 1. The standard InChI is InChI=1S/C15H17N3O3/c1-17-5-10-7-18(8-11(10)6-17)14(19)9-2-3-12-13(4-9)21-15(20)16-12/h2-4,10-11H,5-8H2,1H3,(H,16,20). The van der Waals surface area contributed by atoms with E-state index in [1.54, 1.807) is 18.2 Å². The Morgan fingerprint density at radius 1 is 1.24 bits per heavy atom. The highest BCUT2D eigenvalue weighted by molar-refractivity contribution is 5.97. The predicted molar refractivity (Wildman–Crippen MR) is 77.2 cm³/mol. The molecule has 2 aliphatic rings. The number of carbonyl (C=O) groups excluding carboxylic acids is 1. The van der Waals surface area contributed by atoms with Crippen molar-refractivity contribution in [3.63, 3.8) is 0 Å². The molecule has 4 rings (SSSR count). The van der Waals surface area contributed by atoms with Gasteiger partial charge in [0.15, 0.2) is 5.58 Å². The molecule has 2 aliphatic heterocycles. The number of H-pyrrole nitrogens is 1. The minimum absolute atomic E-state index is 0.0257. The van der Waals surface area contributed by atoms with Crippen LogP contribution in [0, 0.1) is 11.8 Å². The van der Waals surface area contributed by atoms with E-state index in [0.29, 0.717) is 28.5 Å². The first-order valence-electron chi connectivity index (χ1n) is 7.21. The average molecular weight is 287 g/mol. The minimum atomic E-state index is -0.492. The second kappa shape index (κ2) is 4.46. The Morgan fingerprint density at radius 2 is 1.95 bits per heavy atom. The van der Waals surface area contributed by atoms with Gasteiger partial charge in [-0.2, -0.15) is 0 Å². The maximum Gasteiger partial charge on any atom is 0.417 e. The zero-order chi connectivity index (χ0) is 14.6. The summed E-state index contributed by atoms with van der Waals surface area (Å²) in [6, 6.07) is 5.12. The number of nitrogens with one attached hydrogen (secondary N) is 1. The van der Waals surface area contributed by atoms with Crippen LogP contribution in [0.25, 0.3) is 11.1 Å². The number of amides is 1. The molecule has 2 atom stereocenters. The predicted octanol–water partition coefficient (Wildman–Crippen LogP) is 0.755. The molecular weight excluding hydrogens is 270 g/mol. The number of carbonyl (C=O) groups is 1. The Kier molecular flexibility index (Phi) is 2.68. The van der Waals surface area contributed by atoms with Gasteiger partial charge in [-0.3, -0.25) is 9.78 Å². The Bertz CT molecular complexity index is 749. The van der Waals surface area contributed by atoms with Crippen molar-refractivity contribution in [2.45, 2.75) is 0 Å². The van der Waals surface area contributed by atoms with E-state index in [1.165, 1.54) is 0 Å². The van der Waals surface area contributed by atoms with Crippen molar-refractivity contribution in [1.29, 1.82) is 0 Å². The van der Waals surface area contributed by atoms with E-state index >= 15 is 0 Å². The summed E-state index contributed by atoms with van der Waals surface area (Å²) in [7, 11) is 2.13. The maximum absolute atomic E-state index is 12.6. The molecule has 110 valence electrons. The summed E-state index contributed by atoms with van der Waals surface area (Å²) in [5, 5.41) is 0. The molecule has 2 fully saturated rings. The number of benzene rings is 1. The highest BCUT2D eigenvalue weighted by Crippen LogP contribution is 2.31. The van der Waals surface area contributed by atoms with Gasteiger partial charge in [-0.05, 0) is 37.1 Å². The summed E-state index contributed by atoms with van der Waals surface area (Å²) in [4.78, 5) is 30.6. The molecule has 1 aromatic carbocycles. The molecule has 2 aromatic rings. The Labute approximate surface area is 121 Å². The van der Waals surface area contributed by atoms with Crippen LogP contribution < -0.4 is 5.76 Å². The number of likely N-dealkylation sites (tertiary alicyclic amines) is 2. The van der Waals surface area contributed by atoms with Gasteiger partial charge in [0.25, 0.3) is 5.91 Å². The van der Waals surface area contributed by atoms with Gasteiger partial charge in [0.05, 0.1) is 5.52 Å². The topological polar surface area (TPSA) is 69.6 Å². The number of fused-ring (bicyclic) bond motifs is 2. The molecule has 3 heterocycles. The van der Waals surface area contributed by atoms with Crippen LogP contribution in [-0.2, 0) is 0 Å². The summed E-state index contributed by atoms with van der Waals surface area (Å²) in [5.41, 5.74) is 1.64. The van der Waals surface area contributed by atoms with Crippen LogP contribution >= 0.6 is 0 Å². The van der Waals surface area contributed by atoms with Gasteiger partial charge in [-0.15, -0.1) is 0 Å². The van der Waals surface area contributed by atoms with Gasteiger partial charge in [-0.1, -0.05) is 0 Å². The maximum atomic E-state index is 12.6. The van der Waals surface area contributed by atoms with Crippen molar-refractivity contribution in [2.75, 3.05) is 33.2 Å². The molecule has 1 aromatic heterocycles.